The predicted molar refractivity (Wildman–Crippen MR) is 109 cm³/mol. The van der Waals surface area contributed by atoms with Gasteiger partial charge in [-0.15, -0.1) is 0 Å². The minimum Gasteiger partial charge on any atom is -0.481 e. The zero-order valence-corrected chi connectivity index (χ0v) is 17.9. The summed E-state index contributed by atoms with van der Waals surface area (Å²) in [5, 5.41) is 31.3. The molecule has 28 heavy (non-hydrogen) atoms. The molecule has 0 unspecified atom stereocenters. The van der Waals surface area contributed by atoms with Crippen molar-refractivity contribution in [3.8, 4) is 0 Å². The number of fused-ring (bicyclic) bond motifs is 5. The van der Waals surface area contributed by atoms with Gasteiger partial charge in [-0.05, 0) is 98.2 Å². The largest absolute Gasteiger partial charge is 0.481 e. The number of aliphatic hydroxyl groups excluding tert-OH is 2. The highest BCUT2D eigenvalue weighted by Crippen LogP contribution is 2.68. The zero-order valence-electron chi connectivity index (χ0n) is 17.9. The normalized spacial score (nSPS) is 51.7. The Hall–Kier alpha value is -0.610. The first-order valence-corrected chi connectivity index (χ1v) is 11.8. The Morgan fingerprint density at radius 3 is 2.36 bits per heavy atom. The van der Waals surface area contributed by atoms with Crippen LogP contribution in [0.3, 0.4) is 0 Å². The Bertz CT molecular complexity index is 605. The number of hydrogen-bond acceptors (Lipinski definition) is 3. The Labute approximate surface area is 170 Å². The van der Waals surface area contributed by atoms with E-state index in [9.17, 15) is 20.1 Å². The van der Waals surface area contributed by atoms with Crippen molar-refractivity contribution < 1.29 is 20.1 Å². The van der Waals surface area contributed by atoms with Gasteiger partial charge in [-0.1, -0.05) is 27.2 Å². The van der Waals surface area contributed by atoms with E-state index in [2.05, 4.69) is 20.8 Å². The van der Waals surface area contributed by atoms with Crippen molar-refractivity contribution in [2.75, 3.05) is 0 Å². The lowest BCUT2D eigenvalue weighted by atomic mass is 9.43. The molecule has 0 saturated heterocycles. The second-order valence-electron chi connectivity index (χ2n) is 11.2. The lowest BCUT2D eigenvalue weighted by Gasteiger charge is -2.62. The van der Waals surface area contributed by atoms with Gasteiger partial charge in [0.25, 0.3) is 0 Å². The molecule has 0 spiro atoms. The van der Waals surface area contributed by atoms with Gasteiger partial charge in [0.15, 0.2) is 0 Å². The molecular formula is C24H40O4. The summed E-state index contributed by atoms with van der Waals surface area (Å²) in [4.78, 5) is 12.0. The fraction of sp³-hybridized carbons (Fsp3) is 0.958. The minimum absolute atomic E-state index is 0.0533. The van der Waals surface area contributed by atoms with Gasteiger partial charge in [-0.2, -0.15) is 0 Å². The standard InChI is InChI=1S/C24H40O4/c1-4-5-16(22(27)28)17-6-7-18-21-19(9-11-24(17,18)3)23(2)10-8-15(25)12-14(23)13-20(21)26/h14-21,25-26H,4-13H2,1-3H3,(H,27,28)/t14-,15+,16+,17+,18-,19-,20+,21-,23-,24-/m0/s1. The van der Waals surface area contributed by atoms with Crippen molar-refractivity contribution in [1.29, 1.82) is 0 Å². The van der Waals surface area contributed by atoms with E-state index < -0.39 is 5.97 Å². The van der Waals surface area contributed by atoms with Crippen LogP contribution >= 0.6 is 0 Å². The van der Waals surface area contributed by atoms with Gasteiger partial charge in [-0.3, -0.25) is 4.79 Å². The van der Waals surface area contributed by atoms with Gasteiger partial charge in [-0.25, -0.2) is 0 Å². The van der Waals surface area contributed by atoms with Gasteiger partial charge in [0, 0.05) is 0 Å². The second-order valence-corrected chi connectivity index (χ2v) is 11.2. The first-order valence-electron chi connectivity index (χ1n) is 11.8. The number of aliphatic hydroxyl groups is 2. The summed E-state index contributed by atoms with van der Waals surface area (Å²) >= 11 is 0. The fourth-order valence-electron chi connectivity index (χ4n) is 8.71. The second kappa shape index (κ2) is 7.27. The third-order valence-corrected chi connectivity index (χ3v) is 10.1. The molecule has 4 heteroatoms. The minimum atomic E-state index is -0.617. The van der Waals surface area contributed by atoms with Gasteiger partial charge in [0.1, 0.15) is 0 Å². The molecule has 4 fully saturated rings. The Morgan fingerprint density at radius 2 is 1.68 bits per heavy atom. The molecule has 0 aromatic heterocycles. The van der Waals surface area contributed by atoms with Gasteiger partial charge in [0.2, 0.25) is 0 Å². The summed E-state index contributed by atoms with van der Waals surface area (Å²) in [7, 11) is 0. The summed E-state index contributed by atoms with van der Waals surface area (Å²) in [6, 6.07) is 0. The third-order valence-electron chi connectivity index (χ3n) is 10.1. The van der Waals surface area contributed by atoms with Crippen LogP contribution in [0.5, 0.6) is 0 Å². The molecule has 0 radical (unpaired) electrons. The van der Waals surface area contributed by atoms with E-state index in [1.807, 2.05) is 0 Å². The summed E-state index contributed by atoms with van der Waals surface area (Å²) in [6.45, 7) is 6.87. The monoisotopic (exact) mass is 392 g/mol. The van der Waals surface area contributed by atoms with Crippen LogP contribution in [0.25, 0.3) is 0 Å². The number of carbonyl (C=O) groups is 1. The maximum absolute atomic E-state index is 12.0. The smallest absolute Gasteiger partial charge is 0.306 e. The molecule has 0 aromatic rings. The lowest BCUT2D eigenvalue weighted by Crippen LogP contribution is -2.58. The van der Waals surface area contributed by atoms with Crippen LogP contribution in [0.1, 0.15) is 85.0 Å². The van der Waals surface area contributed by atoms with Crippen LogP contribution in [-0.2, 0) is 4.79 Å². The number of rotatable bonds is 4. The molecule has 0 aliphatic heterocycles. The molecular weight excluding hydrogens is 352 g/mol. The van der Waals surface area contributed by atoms with Gasteiger partial charge >= 0.3 is 5.97 Å². The number of hydrogen-bond donors (Lipinski definition) is 3. The van der Waals surface area contributed by atoms with Crippen LogP contribution in [0.2, 0.25) is 0 Å². The molecule has 0 heterocycles. The predicted octanol–water partition coefficient (Wildman–Crippen LogP) is 4.48. The van der Waals surface area contributed by atoms with Crippen LogP contribution in [0.15, 0.2) is 0 Å². The molecule has 0 bridgehead atoms. The molecule has 4 rings (SSSR count). The topological polar surface area (TPSA) is 77.8 Å². The van der Waals surface area contributed by atoms with E-state index in [1.54, 1.807) is 0 Å². The molecule has 4 aliphatic carbocycles. The Kier molecular flexibility index (Phi) is 5.36. The van der Waals surface area contributed by atoms with E-state index >= 15 is 0 Å². The molecule has 3 N–H and O–H groups in total. The Balaban J connectivity index is 1.62. The quantitative estimate of drug-likeness (QED) is 0.659. The van der Waals surface area contributed by atoms with E-state index in [0.717, 1.165) is 64.2 Å². The molecule has 10 atom stereocenters. The van der Waals surface area contributed by atoms with Gasteiger partial charge < -0.3 is 15.3 Å². The number of carboxylic acids is 1. The van der Waals surface area contributed by atoms with Crippen molar-refractivity contribution in [3.05, 3.63) is 0 Å². The average molecular weight is 393 g/mol. The van der Waals surface area contributed by atoms with Crippen LogP contribution in [0.4, 0.5) is 0 Å². The fourth-order valence-corrected chi connectivity index (χ4v) is 8.71. The summed E-state index contributed by atoms with van der Waals surface area (Å²) in [5.41, 5.74) is 0.288. The molecule has 160 valence electrons. The highest BCUT2D eigenvalue weighted by atomic mass is 16.4. The summed E-state index contributed by atoms with van der Waals surface area (Å²) in [6.07, 6.45) is 9.17. The summed E-state index contributed by atoms with van der Waals surface area (Å²) in [5.74, 6) is 1.13. The maximum Gasteiger partial charge on any atom is 0.306 e. The Morgan fingerprint density at radius 1 is 1.00 bits per heavy atom. The average Bonchev–Trinajstić information content (AvgIpc) is 2.98. The first kappa shape index (κ1) is 20.7. The molecule has 0 aromatic carbocycles. The van der Waals surface area contributed by atoms with Crippen molar-refractivity contribution in [3.63, 3.8) is 0 Å². The van der Waals surface area contributed by atoms with E-state index in [4.69, 9.17) is 0 Å². The first-order chi connectivity index (χ1) is 13.2. The molecule has 4 aliphatic rings. The highest BCUT2D eigenvalue weighted by molar-refractivity contribution is 5.70. The van der Waals surface area contributed by atoms with Crippen molar-refractivity contribution in [1.82, 2.24) is 0 Å². The lowest BCUT2D eigenvalue weighted by molar-refractivity contribution is -0.176. The van der Waals surface area contributed by atoms with Crippen LogP contribution < -0.4 is 0 Å². The summed E-state index contributed by atoms with van der Waals surface area (Å²) < 4.78 is 0. The van der Waals surface area contributed by atoms with Crippen LogP contribution in [-0.4, -0.2) is 33.5 Å². The van der Waals surface area contributed by atoms with Gasteiger partial charge in [0.05, 0.1) is 18.1 Å². The molecule has 0 amide bonds. The van der Waals surface area contributed by atoms with Crippen molar-refractivity contribution in [2.24, 2.45) is 46.3 Å². The van der Waals surface area contributed by atoms with E-state index in [1.165, 1.54) is 0 Å². The zero-order chi connectivity index (χ0) is 20.3. The maximum atomic E-state index is 12.0. The third kappa shape index (κ3) is 2.96. The highest BCUT2D eigenvalue weighted by Gasteiger charge is 2.63. The van der Waals surface area contributed by atoms with Crippen molar-refractivity contribution in [2.45, 2.75) is 97.2 Å². The molecule has 4 saturated carbocycles. The van der Waals surface area contributed by atoms with Crippen molar-refractivity contribution >= 4 is 5.97 Å². The SMILES string of the molecule is CCC[C@@H](C(=O)O)[C@H]1CC[C@H]2[C@@H]3[C@H](O)C[C@@H]4C[C@H](O)CC[C@]4(C)[C@H]3CC[C@@]12C. The van der Waals surface area contributed by atoms with E-state index in [0.29, 0.717) is 23.7 Å². The number of aliphatic carboxylic acids is 1. The van der Waals surface area contributed by atoms with Crippen LogP contribution in [0, 0.1) is 46.3 Å². The van der Waals surface area contributed by atoms with E-state index in [-0.39, 0.29) is 34.9 Å². The molecule has 4 nitrogen and oxygen atoms in total. The number of carboxylic acid groups (broad SMARTS) is 1.